The first-order valence-corrected chi connectivity index (χ1v) is 11.9. The molecule has 4 rings (SSSR count). The summed E-state index contributed by atoms with van der Waals surface area (Å²) in [5, 5.41) is 9.18. The lowest BCUT2D eigenvalue weighted by Gasteiger charge is -2.23. The van der Waals surface area contributed by atoms with Crippen molar-refractivity contribution in [2.24, 2.45) is 0 Å². The second kappa shape index (κ2) is 11.4. The molecule has 0 saturated heterocycles. The van der Waals surface area contributed by atoms with Crippen molar-refractivity contribution < 1.29 is 19.4 Å². The molecule has 4 aromatic carbocycles. The summed E-state index contributed by atoms with van der Waals surface area (Å²) in [6.07, 6.45) is 0.716. The highest BCUT2D eigenvalue weighted by atomic mass is 16.5. The molecule has 0 aliphatic carbocycles. The summed E-state index contributed by atoms with van der Waals surface area (Å²) in [5.74, 6) is 0.434. The average Bonchev–Trinajstić information content (AvgIpc) is 2.89. The lowest BCUT2D eigenvalue weighted by atomic mass is 10.1. The van der Waals surface area contributed by atoms with Gasteiger partial charge in [-0.3, -0.25) is 4.79 Å². The minimum absolute atomic E-state index is 0.0909. The Morgan fingerprint density at radius 3 is 1.94 bits per heavy atom. The number of benzene rings is 4. The number of amides is 1. The molecule has 0 bridgehead atoms. The van der Waals surface area contributed by atoms with Gasteiger partial charge in [-0.05, 0) is 78.9 Å². The van der Waals surface area contributed by atoms with E-state index < -0.39 is 5.97 Å². The fourth-order valence-electron chi connectivity index (χ4n) is 4.06. The van der Waals surface area contributed by atoms with Crippen LogP contribution in [0.5, 0.6) is 11.5 Å². The highest BCUT2D eigenvalue weighted by Gasteiger charge is 2.17. The first-order valence-electron chi connectivity index (χ1n) is 11.9. The summed E-state index contributed by atoms with van der Waals surface area (Å²) in [6, 6.07) is 29.9. The Kier molecular flexibility index (Phi) is 7.81. The summed E-state index contributed by atoms with van der Waals surface area (Å²) in [7, 11) is 0. The van der Waals surface area contributed by atoms with Crippen molar-refractivity contribution in [1.82, 2.24) is 4.90 Å². The van der Waals surface area contributed by atoms with E-state index in [0.29, 0.717) is 30.8 Å². The van der Waals surface area contributed by atoms with Crippen molar-refractivity contribution in [2.45, 2.75) is 26.8 Å². The minimum atomic E-state index is -0.971. The van der Waals surface area contributed by atoms with Crippen LogP contribution in [-0.4, -0.2) is 28.4 Å². The van der Waals surface area contributed by atoms with Gasteiger partial charge in [0.2, 0.25) is 0 Å². The zero-order chi connectivity index (χ0) is 25.5. The number of hydrogen-bond donors (Lipinski definition) is 1. The molecular formula is C31H29NO4. The zero-order valence-electron chi connectivity index (χ0n) is 20.5. The molecule has 1 amide bonds. The number of carbonyl (C=O) groups is 2. The molecule has 1 N–H and O–H groups in total. The molecule has 0 fully saturated rings. The Hall–Kier alpha value is -4.38. The lowest BCUT2D eigenvalue weighted by molar-refractivity contribution is 0.0694. The van der Waals surface area contributed by atoms with Gasteiger partial charge in [-0.25, -0.2) is 4.79 Å². The van der Waals surface area contributed by atoms with Crippen molar-refractivity contribution >= 4 is 11.9 Å². The second-order valence-corrected chi connectivity index (χ2v) is 8.81. The molecular weight excluding hydrogens is 450 g/mol. The van der Waals surface area contributed by atoms with Crippen LogP contribution in [0.1, 0.15) is 43.0 Å². The molecule has 0 spiro atoms. The van der Waals surface area contributed by atoms with Crippen LogP contribution >= 0.6 is 0 Å². The minimum Gasteiger partial charge on any atom is -0.478 e. The topological polar surface area (TPSA) is 66.8 Å². The van der Waals surface area contributed by atoms with Crippen molar-refractivity contribution in [2.75, 3.05) is 6.54 Å². The number of hydrogen-bond acceptors (Lipinski definition) is 3. The van der Waals surface area contributed by atoms with Crippen LogP contribution in [-0.2, 0) is 13.0 Å². The number of aryl methyl sites for hydroxylation is 2. The summed E-state index contributed by atoms with van der Waals surface area (Å²) >= 11 is 0. The molecule has 36 heavy (non-hydrogen) atoms. The van der Waals surface area contributed by atoms with Crippen LogP contribution in [0.15, 0.2) is 97.1 Å². The van der Waals surface area contributed by atoms with Crippen LogP contribution < -0.4 is 4.74 Å². The Bertz CT molecular complexity index is 1310. The number of ether oxygens (including phenoxy) is 1. The fraction of sp³-hybridized carbons (Fsp3) is 0.161. The van der Waals surface area contributed by atoms with Crippen LogP contribution in [0.25, 0.3) is 0 Å². The van der Waals surface area contributed by atoms with Crippen molar-refractivity contribution in [3.05, 3.63) is 130 Å². The molecule has 0 aromatic heterocycles. The Labute approximate surface area is 211 Å². The largest absolute Gasteiger partial charge is 0.478 e. The van der Waals surface area contributed by atoms with Gasteiger partial charge in [0, 0.05) is 18.7 Å². The van der Waals surface area contributed by atoms with Gasteiger partial charge < -0.3 is 14.7 Å². The smallest absolute Gasteiger partial charge is 0.335 e. The third kappa shape index (κ3) is 6.19. The third-order valence-corrected chi connectivity index (χ3v) is 6.10. The van der Waals surface area contributed by atoms with Crippen molar-refractivity contribution in [3.8, 4) is 11.5 Å². The molecule has 0 unspecified atom stereocenters. The number of aromatic carboxylic acids is 1. The molecule has 0 heterocycles. The first kappa shape index (κ1) is 24.7. The Balaban J connectivity index is 1.52. The molecule has 0 aliphatic heterocycles. The Morgan fingerprint density at radius 2 is 1.33 bits per heavy atom. The molecule has 182 valence electrons. The molecule has 0 saturated carbocycles. The quantitative estimate of drug-likeness (QED) is 0.291. The molecule has 0 radical (unpaired) electrons. The van der Waals surface area contributed by atoms with Gasteiger partial charge in [-0.1, -0.05) is 60.7 Å². The van der Waals surface area contributed by atoms with Crippen LogP contribution in [0.4, 0.5) is 0 Å². The Morgan fingerprint density at radius 1 is 0.722 bits per heavy atom. The maximum Gasteiger partial charge on any atom is 0.335 e. The molecule has 0 aliphatic rings. The molecule has 5 nitrogen and oxygen atoms in total. The predicted octanol–water partition coefficient (Wildman–Crippen LogP) is 6.68. The van der Waals surface area contributed by atoms with E-state index in [1.807, 2.05) is 74.5 Å². The van der Waals surface area contributed by atoms with Crippen molar-refractivity contribution in [1.29, 1.82) is 0 Å². The van der Waals surface area contributed by atoms with Gasteiger partial charge in [-0.15, -0.1) is 0 Å². The van der Waals surface area contributed by atoms with Gasteiger partial charge in [0.15, 0.2) is 0 Å². The summed E-state index contributed by atoms with van der Waals surface area (Å²) in [5.41, 5.74) is 4.91. The highest BCUT2D eigenvalue weighted by Crippen LogP contribution is 2.28. The van der Waals surface area contributed by atoms with Gasteiger partial charge in [0.1, 0.15) is 11.5 Å². The second-order valence-electron chi connectivity index (χ2n) is 8.81. The standard InChI is InChI=1S/C31H29NO4/c1-22-7-6-8-23(2)29(22)36-28-17-15-26(16-18-28)30(33)32(20-19-24-9-4-3-5-10-24)21-25-11-13-27(14-12-25)31(34)35/h3-18H,19-21H2,1-2H3,(H,34,35). The van der Waals surface area contributed by atoms with E-state index in [4.69, 9.17) is 4.74 Å². The van der Waals surface area contributed by atoms with Gasteiger partial charge in [0.25, 0.3) is 5.91 Å². The number of rotatable bonds is 9. The number of para-hydroxylation sites is 1. The number of nitrogens with zero attached hydrogens (tertiary/aromatic N) is 1. The van der Waals surface area contributed by atoms with E-state index in [2.05, 4.69) is 0 Å². The predicted molar refractivity (Wildman–Crippen MR) is 141 cm³/mol. The zero-order valence-corrected chi connectivity index (χ0v) is 20.5. The summed E-state index contributed by atoms with van der Waals surface area (Å²) in [6.45, 7) is 4.93. The maximum atomic E-state index is 13.5. The summed E-state index contributed by atoms with van der Waals surface area (Å²) in [4.78, 5) is 26.5. The van der Waals surface area contributed by atoms with E-state index in [-0.39, 0.29) is 11.5 Å². The van der Waals surface area contributed by atoms with Gasteiger partial charge >= 0.3 is 5.97 Å². The van der Waals surface area contributed by atoms with Crippen molar-refractivity contribution in [3.63, 3.8) is 0 Å². The van der Waals surface area contributed by atoms with Crippen LogP contribution in [0.2, 0.25) is 0 Å². The van der Waals surface area contributed by atoms with E-state index in [0.717, 1.165) is 28.0 Å². The fourth-order valence-corrected chi connectivity index (χ4v) is 4.06. The lowest BCUT2D eigenvalue weighted by Crippen LogP contribution is -2.32. The average molecular weight is 480 g/mol. The third-order valence-electron chi connectivity index (χ3n) is 6.10. The maximum absolute atomic E-state index is 13.5. The van der Waals surface area contributed by atoms with Crippen LogP contribution in [0, 0.1) is 13.8 Å². The SMILES string of the molecule is Cc1cccc(C)c1Oc1ccc(C(=O)N(CCc2ccccc2)Cc2ccc(C(=O)O)cc2)cc1. The monoisotopic (exact) mass is 479 g/mol. The molecule has 5 heteroatoms. The summed E-state index contributed by atoms with van der Waals surface area (Å²) < 4.78 is 6.09. The van der Waals surface area contributed by atoms with Gasteiger partial charge in [0.05, 0.1) is 5.56 Å². The first-order chi connectivity index (χ1) is 17.4. The number of carboxylic acid groups (broad SMARTS) is 1. The van der Waals surface area contributed by atoms with E-state index >= 15 is 0 Å². The van der Waals surface area contributed by atoms with E-state index in [1.165, 1.54) is 0 Å². The molecule has 4 aromatic rings. The normalized spacial score (nSPS) is 10.6. The van der Waals surface area contributed by atoms with Crippen LogP contribution in [0.3, 0.4) is 0 Å². The van der Waals surface area contributed by atoms with E-state index in [1.54, 1.807) is 41.3 Å². The van der Waals surface area contributed by atoms with E-state index in [9.17, 15) is 14.7 Å². The number of carbonyl (C=O) groups excluding carboxylic acids is 1. The molecule has 0 atom stereocenters. The highest BCUT2D eigenvalue weighted by molar-refractivity contribution is 5.94. The van der Waals surface area contributed by atoms with Gasteiger partial charge in [-0.2, -0.15) is 0 Å². The number of carboxylic acids is 1.